The molecule has 8 nitrogen and oxygen atoms in total. The monoisotopic (exact) mass is 532 g/mol. The molecule has 0 saturated carbocycles. The van der Waals surface area contributed by atoms with Gasteiger partial charge in [-0.05, 0) is 55.3 Å². The number of halogens is 1. The lowest BCUT2D eigenvalue weighted by Gasteiger charge is -2.38. The largest absolute Gasteiger partial charge is 0.495 e. The number of nitrogens with one attached hydrogen (secondary N) is 2. The van der Waals surface area contributed by atoms with Gasteiger partial charge in [0.2, 0.25) is 0 Å². The van der Waals surface area contributed by atoms with Crippen LogP contribution in [-0.4, -0.2) is 64.4 Å². The molecule has 3 aromatic carbocycles. The summed E-state index contributed by atoms with van der Waals surface area (Å²) in [5.41, 5.74) is 2.63. The number of piperazine rings is 1. The van der Waals surface area contributed by atoms with E-state index in [0.29, 0.717) is 37.5 Å². The summed E-state index contributed by atoms with van der Waals surface area (Å²) in [6.07, 6.45) is 1.90. The SMILES string of the molecule is COc1ccccc1N1CCN(c2ccc(NC(=O)c3ccccc3F)cc2C(=O)NCC2CCCO2)CC1. The zero-order chi connectivity index (χ0) is 27.2. The number of rotatable bonds is 8. The van der Waals surface area contributed by atoms with Gasteiger partial charge in [0.25, 0.3) is 11.8 Å². The van der Waals surface area contributed by atoms with Crippen LogP contribution in [0.4, 0.5) is 21.5 Å². The van der Waals surface area contributed by atoms with Gasteiger partial charge in [0, 0.05) is 50.7 Å². The third-order valence-electron chi connectivity index (χ3n) is 7.18. The van der Waals surface area contributed by atoms with E-state index >= 15 is 0 Å². The number of benzene rings is 3. The van der Waals surface area contributed by atoms with E-state index in [1.165, 1.54) is 18.2 Å². The second-order valence-electron chi connectivity index (χ2n) is 9.66. The zero-order valence-electron chi connectivity index (χ0n) is 22.0. The third-order valence-corrected chi connectivity index (χ3v) is 7.18. The molecule has 2 aliphatic heterocycles. The second-order valence-corrected chi connectivity index (χ2v) is 9.66. The first-order valence-electron chi connectivity index (χ1n) is 13.3. The van der Waals surface area contributed by atoms with Gasteiger partial charge in [-0.3, -0.25) is 9.59 Å². The van der Waals surface area contributed by atoms with Crippen molar-refractivity contribution in [2.45, 2.75) is 18.9 Å². The van der Waals surface area contributed by atoms with Crippen LogP contribution in [0, 0.1) is 5.82 Å². The van der Waals surface area contributed by atoms with Crippen LogP contribution in [0.3, 0.4) is 0 Å². The van der Waals surface area contributed by atoms with E-state index in [1.807, 2.05) is 30.3 Å². The Morgan fingerprint density at radius 3 is 2.36 bits per heavy atom. The molecule has 2 N–H and O–H groups in total. The number of amides is 2. The predicted octanol–water partition coefficient (Wildman–Crippen LogP) is 4.32. The summed E-state index contributed by atoms with van der Waals surface area (Å²) >= 11 is 0. The molecule has 1 atom stereocenters. The Morgan fingerprint density at radius 1 is 0.923 bits per heavy atom. The average molecular weight is 533 g/mol. The number of hydrogen-bond donors (Lipinski definition) is 2. The van der Waals surface area contributed by atoms with Crippen LogP contribution < -0.4 is 25.2 Å². The van der Waals surface area contributed by atoms with Gasteiger partial charge >= 0.3 is 0 Å². The van der Waals surface area contributed by atoms with Crippen LogP contribution in [0.25, 0.3) is 0 Å². The molecule has 0 bridgehead atoms. The number of para-hydroxylation sites is 2. The van der Waals surface area contributed by atoms with Crippen molar-refractivity contribution in [3.8, 4) is 5.75 Å². The Balaban J connectivity index is 1.35. The Labute approximate surface area is 227 Å². The molecule has 3 aromatic rings. The maximum absolute atomic E-state index is 14.2. The van der Waals surface area contributed by atoms with Crippen molar-refractivity contribution in [3.05, 3.63) is 83.7 Å². The highest BCUT2D eigenvalue weighted by Crippen LogP contribution is 2.31. The van der Waals surface area contributed by atoms with E-state index in [0.717, 1.165) is 43.1 Å². The van der Waals surface area contributed by atoms with E-state index in [4.69, 9.17) is 9.47 Å². The molecule has 1 unspecified atom stereocenters. The molecule has 2 amide bonds. The number of carbonyl (C=O) groups is 2. The highest BCUT2D eigenvalue weighted by Gasteiger charge is 2.25. The Kier molecular flexibility index (Phi) is 8.27. The quantitative estimate of drug-likeness (QED) is 0.450. The van der Waals surface area contributed by atoms with E-state index in [2.05, 4.69) is 20.4 Å². The van der Waals surface area contributed by atoms with Gasteiger partial charge in [-0.2, -0.15) is 0 Å². The van der Waals surface area contributed by atoms with Gasteiger partial charge in [0.15, 0.2) is 0 Å². The second kappa shape index (κ2) is 12.2. The molecule has 2 saturated heterocycles. The summed E-state index contributed by atoms with van der Waals surface area (Å²) in [6, 6.07) is 19.0. The topological polar surface area (TPSA) is 83.1 Å². The summed E-state index contributed by atoms with van der Waals surface area (Å²) in [4.78, 5) is 30.6. The van der Waals surface area contributed by atoms with Crippen LogP contribution in [-0.2, 0) is 4.74 Å². The maximum atomic E-state index is 14.2. The van der Waals surface area contributed by atoms with Gasteiger partial charge in [-0.1, -0.05) is 24.3 Å². The summed E-state index contributed by atoms with van der Waals surface area (Å²) in [6.45, 7) is 4.04. The van der Waals surface area contributed by atoms with Crippen LogP contribution in [0.1, 0.15) is 33.6 Å². The minimum atomic E-state index is -0.603. The van der Waals surface area contributed by atoms with Crippen molar-refractivity contribution in [2.75, 3.05) is 61.6 Å². The lowest BCUT2D eigenvalue weighted by Crippen LogP contribution is -2.47. The van der Waals surface area contributed by atoms with Crippen LogP contribution in [0.15, 0.2) is 66.7 Å². The van der Waals surface area contributed by atoms with E-state index in [-0.39, 0.29) is 17.6 Å². The van der Waals surface area contributed by atoms with Gasteiger partial charge < -0.3 is 29.9 Å². The Morgan fingerprint density at radius 2 is 1.64 bits per heavy atom. The van der Waals surface area contributed by atoms with Gasteiger partial charge in [0.05, 0.1) is 30.0 Å². The molecular weight excluding hydrogens is 499 g/mol. The molecule has 39 heavy (non-hydrogen) atoms. The third kappa shape index (κ3) is 6.15. The van der Waals surface area contributed by atoms with Crippen molar-refractivity contribution in [1.29, 1.82) is 0 Å². The Hall–Kier alpha value is -4.11. The summed E-state index contributed by atoms with van der Waals surface area (Å²) < 4.78 is 25.4. The minimum Gasteiger partial charge on any atom is -0.495 e. The first kappa shape index (κ1) is 26.5. The number of carbonyl (C=O) groups excluding carboxylic acids is 2. The fourth-order valence-corrected chi connectivity index (χ4v) is 5.10. The molecule has 0 aliphatic carbocycles. The van der Waals surface area contributed by atoms with E-state index < -0.39 is 11.7 Å². The Bertz CT molecular complexity index is 1320. The number of hydrogen-bond acceptors (Lipinski definition) is 6. The first-order valence-corrected chi connectivity index (χ1v) is 13.3. The molecule has 9 heteroatoms. The lowest BCUT2D eigenvalue weighted by atomic mass is 10.1. The summed E-state index contributed by atoms with van der Waals surface area (Å²) in [7, 11) is 1.67. The summed E-state index contributed by atoms with van der Waals surface area (Å²) in [5.74, 6) is -0.587. The van der Waals surface area contributed by atoms with Crippen molar-refractivity contribution < 1.29 is 23.5 Å². The molecular formula is C30H33FN4O4. The predicted molar refractivity (Wildman–Crippen MR) is 150 cm³/mol. The molecule has 0 aromatic heterocycles. The highest BCUT2D eigenvalue weighted by molar-refractivity contribution is 6.06. The van der Waals surface area contributed by atoms with Gasteiger partial charge in [0.1, 0.15) is 11.6 Å². The molecule has 2 heterocycles. The van der Waals surface area contributed by atoms with Crippen molar-refractivity contribution in [3.63, 3.8) is 0 Å². The average Bonchev–Trinajstić information content (AvgIpc) is 3.50. The molecule has 5 rings (SSSR count). The molecule has 0 radical (unpaired) electrons. The normalized spacial score (nSPS) is 17.1. The van der Waals surface area contributed by atoms with Crippen LogP contribution in [0.2, 0.25) is 0 Å². The molecule has 2 aliphatic rings. The van der Waals surface area contributed by atoms with Crippen molar-refractivity contribution >= 4 is 28.9 Å². The maximum Gasteiger partial charge on any atom is 0.258 e. The minimum absolute atomic E-state index is 0.00531. The van der Waals surface area contributed by atoms with Gasteiger partial charge in [-0.25, -0.2) is 4.39 Å². The fourth-order valence-electron chi connectivity index (χ4n) is 5.10. The molecule has 2 fully saturated rings. The molecule has 0 spiro atoms. The smallest absolute Gasteiger partial charge is 0.258 e. The zero-order valence-corrected chi connectivity index (χ0v) is 22.0. The first-order chi connectivity index (χ1) is 19.0. The van der Waals surface area contributed by atoms with Crippen LogP contribution >= 0.6 is 0 Å². The van der Waals surface area contributed by atoms with Crippen molar-refractivity contribution in [2.24, 2.45) is 0 Å². The number of methoxy groups -OCH3 is 1. The number of anilines is 3. The number of ether oxygens (including phenoxy) is 2. The van der Waals surface area contributed by atoms with Gasteiger partial charge in [-0.15, -0.1) is 0 Å². The highest BCUT2D eigenvalue weighted by atomic mass is 19.1. The fraction of sp³-hybridized carbons (Fsp3) is 0.333. The molecule has 204 valence electrons. The van der Waals surface area contributed by atoms with Crippen molar-refractivity contribution in [1.82, 2.24) is 5.32 Å². The summed E-state index contributed by atoms with van der Waals surface area (Å²) in [5, 5.41) is 5.74. The van der Waals surface area contributed by atoms with E-state index in [9.17, 15) is 14.0 Å². The standard InChI is InChI=1S/C30H33FN4O4/c1-38-28-11-5-4-10-27(28)35-16-14-34(15-17-35)26-13-12-21(33-30(37)23-8-2-3-9-25(23)31)19-24(26)29(36)32-20-22-7-6-18-39-22/h2-5,8-13,19,22H,6-7,14-18,20H2,1H3,(H,32,36)(H,33,37). The van der Waals surface area contributed by atoms with Crippen LogP contribution in [0.5, 0.6) is 5.75 Å². The van der Waals surface area contributed by atoms with E-state index in [1.54, 1.807) is 25.3 Å². The number of nitrogens with zero attached hydrogens (tertiary/aromatic N) is 2. The lowest BCUT2D eigenvalue weighted by molar-refractivity contribution is 0.0858.